The summed E-state index contributed by atoms with van der Waals surface area (Å²) in [5.41, 5.74) is 1.40. The third kappa shape index (κ3) is 2.35. The van der Waals surface area contributed by atoms with Gasteiger partial charge in [-0.15, -0.1) is 0 Å². The Morgan fingerprint density at radius 3 is 2.43 bits per heavy atom. The van der Waals surface area contributed by atoms with Crippen molar-refractivity contribution in [3.8, 4) is 0 Å². The van der Waals surface area contributed by atoms with E-state index in [0.29, 0.717) is 5.56 Å². The van der Waals surface area contributed by atoms with E-state index in [1.165, 1.54) is 18.2 Å². The summed E-state index contributed by atoms with van der Waals surface area (Å²) in [7, 11) is -4.18. The summed E-state index contributed by atoms with van der Waals surface area (Å²) in [5, 5.41) is 0.257. The van der Waals surface area contributed by atoms with Crippen LogP contribution in [0.25, 0.3) is 5.57 Å². The molecule has 0 aliphatic heterocycles. The quantitative estimate of drug-likeness (QED) is 0.798. The second-order valence-corrected chi connectivity index (χ2v) is 4.73. The lowest BCUT2D eigenvalue weighted by Gasteiger charge is -2.04. The Morgan fingerprint density at radius 1 is 1.50 bits per heavy atom. The van der Waals surface area contributed by atoms with Gasteiger partial charge in [0.25, 0.3) is 10.1 Å². The van der Waals surface area contributed by atoms with Crippen LogP contribution in [-0.4, -0.2) is 13.0 Å². The molecule has 14 heavy (non-hydrogen) atoms. The fourth-order valence-electron chi connectivity index (χ4n) is 1.00. The zero-order chi connectivity index (χ0) is 10.9. The summed E-state index contributed by atoms with van der Waals surface area (Å²) >= 11 is 5.79. The summed E-state index contributed by atoms with van der Waals surface area (Å²) in [6.45, 7) is 5.44. The molecule has 0 amide bonds. The van der Waals surface area contributed by atoms with Crippen LogP contribution in [0.15, 0.2) is 29.7 Å². The minimum atomic E-state index is -4.18. The Bertz CT molecular complexity index is 477. The van der Waals surface area contributed by atoms with Gasteiger partial charge in [0.1, 0.15) is 0 Å². The molecule has 1 aromatic carbocycles. The number of hydrogen-bond donors (Lipinski definition) is 1. The first kappa shape index (κ1) is 11.2. The highest BCUT2D eigenvalue weighted by Gasteiger charge is 2.11. The molecule has 0 bridgehead atoms. The molecule has 0 spiro atoms. The molecule has 0 radical (unpaired) electrons. The van der Waals surface area contributed by atoms with Crippen LogP contribution in [0.4, 0.5) is 0 Å². The minimum absolute atomic E-state index is 0.215. The summed E-state index contributed by atoms with van der Waals surface area (Å²) in [5.74, 6) is 0. The van der Waals surface area contributed by atoms with Gasteiger partial charge in [0.15, 0.2) is 0 Å². The van der Waals surface area contributed by atoms with Crippen LogP contribution in [0.3, 0.4) is 0 Å². The highest BCUT2D eigenvalue weighted by molar-refractivity contribution is 7.85. The zero-order valence-electron chi connectivity index (χ0n) is 7.49. The van der Waals surface area contributed by atoms with Gasteiger partial charge in [-0.2, -0.15) is 8.42 Å². The Balaban J connectivity index is 3.34. The van der Waals surface area contributed by atoms with Gasteiger partial charge in [-0.25, -0.2) is 0 Å². The summed E-state index contributed by atoms with van der Waals surface area (Å²) in [6, 6.07) is 3.99. The lowest BCUT2D eigenvalue weighted by molar-refractivity contribution is 0.483. The normalized spacial score (nSPS) is 11.4. The van der Waals surface area contributed by atoms with E-state index in [1.54, 1.807) is 6.92 Å². The SMILES string of the molecule is C=C(C)c1ccc(S(=O)(=O)O)cc1Cl. The van der Waals surface area contributed by atoms with Crippen LogP contribution in [0, 0.1) is 0 Å². The predicted molar refractivity (Wildman–Crippen MR) is 56.0 cm³/mol. The Labute approximate surface area is 87.8 Å². The van der Waals surface area contributed by atoms with Gasteiger partial charge < -0.3 is 0 Å². The number of rotatable bonds is 2. The fraction of sp³-hybridized carbons (Fsp3) is 0.111. The van der Waals surface area contributed by atoms with Crippen LogP contribution in [0.5, 0.6) is 0 Å². The van der Waals surface area contributed by atoms with E-state index in [9.17, 15) is 8.42 Å². The molecule has 0 atom stereocenters. The van der Waals surface area contributed by atoms with Crippen LogP contribution >= 0.6 is 11.6 Å². The van der Waals surface area contributed by atoms with E-state index < -0.39 is 10.1 Å². The van der Waals surface area contributed by atoms with E-state index in [4.69, 9.17) is 16.2 Å². The van der Waals surface area contributed by atoms with Gasteiger partial charge in [-0.1, -0.05) is 24.2 Å². The maximum Gasteiger partial charge on any atom is 0.294 e. The summed E-state index contributed by atoms with van der Waals surface area (Å²) < 4.78 is 30.2. The lowest BCUT2D eigenvalue weighted by Crippen LogP contribution is -1.98. The number of hydrogen-bond acceptors (Lipinski definition) is 2. The van der Waals surface area contributed by atoms with E-state index in [2.05, 4.69) is 6.58 Å². The van der Waals surface area contributed by atoms with Gasteiger partial charge in [0.2, 0.25) is 0 Å². The van der Waals surface area contributed by atoms with E-state index in [1.807, 2.05) is 0 Å². The maximum atomic E-state index is 10.7. The third-order valence-corrected chi connectivity index (χ3v) is 2.86. The standard InChI is InChI=1S/C9H9ClO3S/c1-6(2)8-4-3-7(5-9(8)10)14(11,12)13/h3-5H,1H2,2H3,(H,11,12,13). The molecule has 76 valence electrons. The first-order valence-corrected chi connectivity index (χ1v) is 5.57. The topological polar surface area (TPSA) is 54.4 Å². The van der Waals surface area contributed by atoms with Gasteiger partial charge >= 0.3 is 0 Å². The van der Waals surface area contributed by atoms with Crippen molar-refractivity contribution in [3.63, 3.8) is 0 Å². The smallest absolute Gasteiger partial charge is 0.282 e. The van der Waals surface area contributed by atoms with E-state index in [-0.39, 0.29) is 9.92 Å². The second kappa shape index (κ2) is 3.73. The number of allylic oxidation sites excluding steroid dienone is 1. The van der Waals surface area contributed by atoms with Gasteiger partial charge in [-0.3, -0.25) is 4.55 Å². The molecule has 0 saturated carbocycles. The molecule has 1 rings (SSSR count). The van der Waals surface area contributed by atoms with Crippen LogP contribution in [0.2, 0.25) is 5.02 Å². The van der Waals surface area contributed by atoms with E-state index >= 15 is 0 Å². The molecular weight excluding hydrogens is 224 g/mol. The first-order chi connectivity index (χ1) is 6.32. The molecule has 5 heteroatoms. The van der Waals surface area contributed by atoms with Crippen molar-refractivity contribution in [1.29, 1.82) is 0 Å². The lowest BCUT2D eigenvalue weighted by atomic mass is 10.1. The fourth-order valence-corrected chi connectivity index (χ4v) is 1.92. The highest BCUT2D eigenvalue weighted by atomic mass is 35.5. The number of halogens is 1. The Kier molecular flexibility index (Phi) is 2.99. The molecule has 0 saturated heterocycles. The first-order valence-electron chi connectivity index (χ1n) is 3.75. The van der Waals surface area contributed by atoms with Crippen molar-refractivity contribution in [1.82, 2.24) is 0 Å². The second-order valence-electron chi connectivity index (χ2n) is 2.90. The largest absolute Gasteiger partial charge is 0.294 e. The van der Waals surface area contributed by atoms with Crippen molar-refractivity contribution in [3.05, 3.63) is 35.4 Å². The highest BCUT2D eigenvalue weighted by Crippen LogP contribution is 2.25. The maximum absolute atomic E-state index is 10.7. The van der Waals surface area contributed by atoms with Crippen molar-refractivity contribution < 1.29 is 13.0 Å². The van der Waals surface area contributed by atoms with Crippen LogP contribution < -0.4 is 0 Å². The van der Waals surface area contributed by atoms with E-state index in [0.717, 1.165) is 5.57 Å². The molecule has 0 fully saturated rings. The average molecular weight is 233 g/mol. The molecule has 0 aliphatic carbocycles. The van der Waals surface area contributed by atoms with Crippen LogP contribution in [-0.2, 0) is 10.1 Å². The molecular formula is C9H9ClO3S. The summed E-state index contributed by atoms with van der Waals surface area (Å²) in [4.78, 5) is -0.215. The average Bonchev–Trinajstić information content (AvgIpc) is 2.01. The van der Waals surface area contributed by atoms with Gasteiger partial charge in [-0.05, 0) is 30.2 Å². The minimum Gasteiger partial charge on any atom is -0.282 e. The Hall–Kier alpha value is -0.840. The molecule has 1 N–H and O–H groups in total. The Morgan fingerprint density at radius 2 is 2.07 bits per heavy atom. The van der Waals surface area contributed by atoms with Crippen molar-refractivity contribution >= 4 is 27.3 Å². The third-order valence-electron chi connectivity index (χ3n) is 1.70. The monoisotopic (exact) mass is 232 g/mol. The molecule has 0 aliphatic rings. The van der Waals surface area contributed by atoms with Crippen LogP contribution in [0.1, 0.15) is 12.5 Å². The number of benzene rings is 1. The van der Waals surface area contributed by atoms with Gasteiger partial charge in [0, 0.05) is 5.02 Å². The van der Waals surface area contributed by atoms with Gasteiger partial charge in [0.05, 0.1) is 4.90 Å². The molecule has 0 heterocycles. The van der Waals surface area contributed by atoms with Crippen molar-refractivity contribution in [2.45, 2.75) is 11.8 Å². The van der Waals surface area contributed by atoms with Crippen molar-refractivity contribution in [2.24, 2.45) is 0 Å². The van der Waals surface area contributed by atoms with Crippen molar-refractivity contribution in [2.75, 3.05) is 0 Å². The molecule has 0 unspecified atom stereocenters. The predicted octanol–water partition coefficient (Wildman–Crippen LogP) is 2.62. The zero-order valence-corrected chi connectivity index (χ0v) is 9.06. The summed E-state index contributed by atoms with van der Waals surface area (Å²) in [6.07, 6.45) is 0. The molecule has 0 aromatic heterocycles. The molecule has 1 aromatic rings. The molecule has 3 nitrogen and oxygen atoms in total.